The van der Waals surface area contributed by atoms with Gasteiger partial charge in [0.15, 0.2) is 0 Å². The number of anilines is 1. The lowest BCUT2D eigenvalue weighted by molar-refractivity contribution is -0.384. The summed E-state index contributed by atoms with van der Waals surface area (Å²) in [5, 5.41) is 21.2. The topological polar surface area (TPSA) is 146 Å². The van der Waals surface area contributed by atoms with Crippen LogP contribution in [0, 0.1) is 15.9 Å². The highest BCUT2D eigenvalue weighted by Gasteiger charge is 2.34. The summed E-state index contributed by atoms with van der Waals surface area (Å²) in [5.41, 5.74) is 0.705. The van der Waals surface area contributed by atoms with Crippen LogP contribution in [0.5, 0.6) is 0 Å². The average Bonchev–Trinajstić information content (AvgIpc) is 3.74. The number of aromatic nitrogens is 1. The van der Waals surface area contributed by atoms with Gasteiger partial charge in [0, 0.05) is 36.7 Å². The van der Waals surface area contributed by atoms with Crippen LogP contribution in [-0.2, 0) is 0 Å². The standard InChI is InChI=1S/C27H28FN5O5/c1-29-26(35)19-10-15(14-6-7-14)11-23(33(37)38)25(19)31-20-4-2-3-5-21(20)32-27(36)18-13-24(34)30-22-12-16(28)8-9-17(18)22/h8-14,20-21,31H,2-7H2,1H3,(H,29,35)(H,30,34)(H,32,36)/t20-,21+/m1/s1. The highest BCUT2D eigenvalue weighted by atomic mass is 19.1. The first-order chi connectivity index (χ1) is 18.2. The van der Waals surface area contributed by atoms with E-state index in [1.807, 2.05) is 0 Å². The van der Waals surface area contributed by atoms with Gasteiger partial charge in [-0.1, -0.05) is 12.8 Å². The maximum absolute atomic E-state index is 13.7. The number of halogens is 1. The number of rotatable bonds is 7. The van der Waals surface area contributed by atoms with E-state index < -0.39 is 40.2 Å². The summed E-state index contributed by atoms with van der Waals surface area (Å²) in [4.78, 5) is 52.4. The summed E-state index contributed by atoms with van der Waals surface area (Å²) in [7, 11) is 1.48. The molecule has 2 aliphatic rings. The lowest BCUT2D eigenvalue weighted by Gasteiger charge is -2.34. The van der Waals surface area contributed by atoms with Crippen LogP contribution < -0.4 is 21.5 Å². The minimum Gasteiger partial charge on any atom is -0.374 e. The van der Waals surface area contributed by atoms with E-state index in [1.54, 1.807) is 6.07 Å². The Bertz CT molecular complexity index is 1500. The zero-order chi connectivity index (χ0) is 27.0. The monoisotopic (exact) mass is 521 g/mol. The Kier molecular flexibility index (Phi) is 6.83. The number of carbonyl (C=O) groups excluding carboxylic acids is 2. The number of nitro groups is 1. The molecule has 2 fully saturated rings. The van der Waals surface area contributed by atoms with Gasteiger partial charge in [0.05, 0.1) is 21.6 Å². The van der Waals surface area contributed by atoms with Crippen LogP contribution in [0.4, 0.5) is 15.8 Å². The molecule has 11 heteroatoms. The number of H-pyrrole nitrogens is 1. The van der Waals surface area contributed by atoms with Crippen LogP contribution in [0.1, 0.15) is 70.7 Å². The molecule has 198 valence electrons. The Balaban J connectivity index is 1.47. The summed E-state index contributed by atoms with van der Waals surface area (Å²) in [6.07, 6.45) is 4.73. The van der Waals surface area contributed by atoms with Crippen molar-refractivity contribution in [3.05, 3.63) is 79.4 Å². The molecule has 2 atom stereocenters. The predicted octanol–water partition coefficient (Wildman–Crippen LogP) is 3.97. The fourth-order valence-corrected chi connectivity index (χ4v) is 5.24. The fraction of sp³-hybridized carbons (Fsp3) is 0.370. The van der Waals surface area contributed by atoms with Crippen molar-refractivity contribution in [3.8, 4) is 0 Å². The normalized spacial score (nSPS) is 19.1. The van der Waals surface area contributed by atoms with E-state index in [9.17, 15) is 28.9 Å². The Labute approximate surface area is 217 Å². The van der Waals surface area contributed by atoms with Gasteiger partial charge < -0.3 is 20.9 Å². The molecular formula is C27H28FN5O5. The zero-order valence-electron chi connectivity index (χ0n) is 20.8. The molecule has 1 aromatic heterocycles. The van der Waals surface area contributed by atoms with Crippen molar-refractivity contribution in [2.75, 3.05) is 12.4 Å². The van der Waals surface area contributed by atoms with Crippen molar-refractivity contribution in [2.24, 2.45) is 0 Å². The molecule has 2 saturated carbocycles. The number of nitrogens with one attached hydrogen (secondary N) is 4. The maximum Gasteiger partial charge on any atom is 0.293 e. The highest BCUT2D eigenvalue weighted by Crippen LogP contribution is 2.44. The quantitative estimate of drug-likeness (QED) is 0.273. The Morgan fingerprint density at radius 3 is 2.42 bits per heavy atom. The van der Waals surface area contributed by atoms with Gasteiger partial charge in [-0.3, -0.25) is 24.5 Å². The first kappa shape index (κ1) is 25.4. The number of benzene rings is 2. The van der Waals surface area contributed by atoms with Crippen molar-refractivity contribution in [3.63, 3.8) is 0 Å². The second kappa shape index (κ2) is 10.2. The summed E-state index contributed by atoms with van der Waals surface area (Å²) in [6, 6.07) is 7.40. The van der Waals surface area contributed by atoms with Crippen LogP contribution in [0.2, 0.25) is 0 Å². The number of carbonyl (C=O) groups is 2. The zero-order valence-corrected chi connectivity index (χ0v) is 20.8. The van der Waals surface area contributed by atoms with E-state index in [2.05, 4.69) is 20.9 Å². The summed E-state index contributed by atoms with van der Waals surface area (Å²) < 4.78 is 13.7. The number of aromatic amines is 1. The molecule has 38 heavy (non-hydrogen) atoms. The van der Waals surface area contributed by atoms with Gasteiger partial charge >= 0.3 is 0 Å². The maximum atomic E-state index is 13.7. The van der Waals surface area contributed by atoms with E-state index in [-0.39, 0.29) is 33.9 Å². The lowest BCUT2D eigenvalue weighted by atomic mass is 9.89. The molecule has 0 unspecified atom stereocenters. The van der Waals surface area contributed by atoms with E-state index in [1.165, 1.54) is 31.3 Å². The average molecular weight is 522 g/mol. The third-order valence-corrected chi connectivity index (χ3v) is 7.32. The van der Waals surface area contributed by atoms with Gasteiger partial charge in [-0.05, 0) is 61.4 Å². The first-order valence-electron chi connectivity index (χ1n) is 12.7. The molecule has 2 aliphatic carbocycles. The Morgan fingerprint density at radius 2 is 1.74 bits per heavy atom. The van der Waals surface area contributed by atoms with Crippen molar-refractivity contribution >= 4 is 34.1 Å². The molecule has 5 rings (SSSR count). The predicted molar refractivity (Wildman–Crippen MR) is 140 cm³/mol. The van der Waals surface area contributed by atoms with Gasteiger partial charge in [-0.25, -0.2) is 4.39 Å². The third-order valence-electron chi connectivity index (χ3n) is 7.32. The van der Waals surface area contributed by atoms with Crippen LogP contribution in [0.25, 0.3) is 10.9 Å². The largest absolute Gasteiger partial charge is 0.374 e. The molecule has 2 aromatic carbocycles. The van der Waals surface area contributed by atoms with E-state index in [4.69, 9.17) is 0 Å². The van der Waals surface area contributed by atoms with Crippen molar-refractivity contribution in [1.29, 1.82) is 0 Å². The number of nitro benzene ring substituents is 1. The van der Waals surface area contributed by atoms with Gasteiger partial charge in [-0.2, -0.15) is 0 Å². The van der Waals surface area contributed by atoms with Crippen LogP contribution in [0.15, 0.2) is 41.2 Å². The van der Waals surface area contributed by atoms with Gasteiger partial charge in [0.2, 0.25) is 5.56 Å². The van der Waals surface area contributed by atoms with Crippen LogP contribution in [-0.4, -0.2) is 40.9 Å². The molecule has 0 saturated heterocycles. The minimum atomic E-state index is -0.538. The number of amides is 2. The first-order valence-corrected chi connectivity index (χ1v) is 12.7. The minimum absolute atomic E-state index is 0.110. The number of pyridine rings is 1. The molecule has 0 bridgehead atoms. The van der Waals surface area contributed by atoms with Gasteiger partial charge in [0.25, 0.3) is 17.5 Å². The number of fused-ring (bicyclic) bond motifs is 1. The van der Waals surface area contributed by atoms with Crippen molar-refractivity contribution in [1.82, 2.24) is 15.6 Å². The van der Waals surface area contributed by atoms with Crippen LogP contribution >= 0.6 is 0 Å². The van der Waals surface area contributed by atoms with Gasteiger partial charge in [-0.15, -0.1) is 0 Å². The smallest absolute Gasteiger partial charge is 0.293 e. The molecule has 1 heterocycles. The molecule has 10 nitrogen and oxygen atoms in total. The molecule has 0 aliphatic heterocycles. The Hall–Kier alpha value is -4.28. The molecule has 2 amide bonds. The number of nitrogens with zero attached hydrogens (tertiary/aromatic N) is 1. The number of hydrogen-bond donors (Lipinski definition) is 4. The summed E-state index contributed by atoms with van der Waals surface area (Å²) in [5.74, 6) is -1.26. The second-order valence-corrected chi connectivity index (χ2v) is 9.93. The molecule has 3 aromatic rings. The summed E-state index contributed by atoms with van der Waals surface area (Å²) >= 11 is 0. The second-order valence-electron chi connectivity index (χ2n) is 9.93. The number of hydrogen-bond acceptors (Lipinski definition) is 6. The Morgan fingerprint density at radius 1 is 1.00 bits per heavy atom. The lowest BCUT2D eigenvalue weighted by Crippen LogP contribution is -2.49. The molecule has 4 N–H and O–H groups in total. The fourth-order valence-electron chi connectivity index (χ4n) is 5.24. The molecule has 0 spiro atoms. The van der Waals surface area contributed by atoms with Gasteiger partial charge in [0.1, 0.15) is 11.5 Å². The highest BCUT2D eigenvalue weighted by molar-refractivity contribution is 6.06. The molecular weight excluding hydrogens is 493 g/mol. The van der Waals surface area contributed by atoms with E-state index in [0.29, 0.717) is 18.2 Å². The van der Waals surface area contributed by atoms with E-state index >= 15 is 0 Å². The van der Waals surface area contributed by atoms with E-state index in [0.717, 1.165) is 37.3 Å². The van der Waals surface area contributed by atoms with Crippen LogP contribution in [0.3, 0.4) is 0 Å². The molecule has 0 radical (unpaired) electrons. The third kappa shape index (κ3) is 5.09. The summed E-state index contributed by atoms with van der Waals surface area (Å²) in [6.45, 7) is 0. The van der Waals surface area contributed by atoms with Crippen molar-refractivity contribution < 1.29 is 18.9 Å². The SMILES string of the molecule is CNC(=O)c1cc(C2CC2)cc([N+](=O)[O-])c1N[C@@H]1CCCC[C@@H]1NC(=O)c1cc(=O)[nH]c2cc(F)ccc12. The van der Waals surface area contributed by atoms with Crippen molar-refractivity contribution in [2.45, 2.75) is 56.5 Å².